The fourth-order valence-electron chi connectivity index (χ4n) is 4.22. The lowest BCUT2D eigenvalue weighted by molar-refractivity contribution is -0.122. The first-order chi connectivity index (χ1) is 18.2. The number of ether oxygens (including phenoxy) is 1. The van der Waals surface area contributed by atoms with Gasteiger partial charge in [0.25, 0.3) is 15.9 Å². The van der Waals surface area contributed by atoms with Crippen LogP contribution in [-0.4, -0.2) is 41.1 Å². The van der Waals surface area contributed by atoms with Crippen LogP contribution in [0.3, 0.4) is 0 Å². The number of hydrogen-bond acceptors (Lipinski definition) is 6. The summed E-state index contributed by atoms with van der Waals surface area (Å²) in [5, 5.41) is 4.36. The molecule has 2 N–H and O–H groups in total. The lowest BCUT2D eigenvalue weighted by Gasteiger charge is -2.34. The third kappa shape index (κ3) is 5.02. The van der Waals surface area contributed by atoms with Crippen LogP contribution in [0, 0.1) is 0 Å². The van der Waals surface area contributed by atoms with Gasteiger partial charge in [0.1, 0.15) is 5.75 Å². The smallest absolute Gasteiger partial charge is 0.267 e. The van der Waals surface area contributed by atoms with Gasteiger partial charge >= 0.3 is 0 Å². The van der Waals surface area contributed by atoms with Crippen LogP contribution in [0.15, 0.2) is 95.9 Å². The van der Waals surface area contributed by atoms with E-state index in [1.165, 1.54) is 35.5 Å². The minimum Gasteiger partial charge on any atom is -0.476 e. The molecule has 0 saturated heterocycles. The number of amides is 1. The van der Waals surface area contributed by atoms with Crippen molar-refractivity contribution in [2.45, 2.75) is 17.9 Å². The standard InChI is InChI=1S/C27H25N3O6S2/c1-2-37(32,33)30-18-26(36-25-13-6-5-12-24(25)30)27(31)28-20-14-16-21(17-15-20)38(34,35)29-23-11-7-9-19-8-3-4-10-22(19)23/h3-17,26,29H,2,18H2,1H3,(H,28,31). The van der Waals surface area contributed by atoms with Gasteiger partial charge in [0.05, 0.1) is 28.6 Å². The predicted octanol–water partition coefficient (Wildman–Crippen LogP) is 4.20. The minimum atomic E-state index is -3.89. The van der Waals surface area contributed by atoms with Crippen LogP contribution in [0.5, 0.6) is 5.75 Å². The Kier molecular flexibility index (Phi) is 6.72. The number of benzene rings is 4. The number of rotatable bonds is 7. The number of fused-ring (bicyclic) bond motifs is 2. The Labute approximate surface area is 221 Å². The van der Waals surface area contributed by atoms with Crippen LogP contribution in [-0.2, 0) is 24.8 Å². The zero-order valence-corrected chi connectivity index (χ0v) is 22.0. The minimum absolute atomic E-state index is 0.0199. The average Bonchev–Trinajstić information content (AvgIpc) is 2.92. The summed E-state index contributed by atoms with van der Waals surface area (Å²) in [6, 6.07) is 25.1. The van der Waals surface area contributed by atoms with Gasteiger partial charge in [-0.15, -0.1) is 0 Å². The molecule has 1 aliphatic rings. The van der Waals surface area contributed by atoms with Crippen molar-refractivity contribution in [3.05, 3.63) is 91.0 Å². The molecule has 9 nitrogen and oxygen atoms in total. The van der Waals surface area contributed by atoms with Crippen LogP contribution in [0.2, 0.25) is 0 Å². The molecule has 0 saturated carbocycles. The Hall–Kier alpha value is -4.09. The maximum Gasteiger partial charge on any atom is 0.267 e. The Bertz CT molecular complexity index is 1720. The number of anilines is 3. The van der Waals surface area contributed by atoms with Gasteiger partial charge in [-0.2, -0.15) is 0 Å². The monoisotopic (exact) mass is 551 g/mol. The van der Waals surface area contributed by atoms with Gasteiger partial charge in [0, 0.05) is 11.1 Å². The maximum atomic E-state index is 13.0. The first-order valence-corrected chi connectivity index (χ1v) is 14.9. The molecule has 196 valence electrons. The van der Waals surface area contributed by atoms with Crippen LogP contribution >= 0.6 is 0 Å². The van der Waals surface area contributed by atoms with Crippen LogP contribution in [0.4, 0.5) is 17.1 Å². The Morgan fingerprint density at radius 1 is 0.895 bits per heavy atom. The van der Waals surface area contributed by atoms with E-state index in [9.17, 15) is 21.6 Å². The lowest BCUT2D eigenvalue weighted by Crippen LogP contribution is -2.49. The second kappa shape index (κ2) is 9.99. The second-order valence-corrected chi connectivity index (χ2v) is 12.5. The molecule has 0 bridgehead atoms. The molecule has 0 fully saturated rings. The summed E-state index contributed by atoms with van der Waals surface area (Å²) in [7, 11) is -7.53. The largest absolute Gasteiger partial charge is 0.476 e. The highest BCUT2D eigenvalue weighted by Crippen LogP contribution is 2.35. The lowest BCUT2D eigenvalue weighted by atomic mass is 10.1. The topological polar surface area (TPSA) is 122 Å². The number of nitrogens with one attached hydrogen (secondary N) is 2. The molecule has 11 heteroatoms. The fourth-order valence-corrected chi connectivity index (χ4v) is 6.42. The molecular weight excluding hydrogens is 526 g/mol. The molecule has 1 heterocycles. The van der Waals surface area contributed by atoms with E-state index in [0.717, 1.165) is 10.8 Å². The summed E-state index contributed by atoms with van der Waals surface area (Å²) in [5.41, 5.74) is 1.18. The molecular formula is C27H25N3O6S2. The van der Waals surface area contributed by atoms with Crippen LogP contribution in [0.1, 0.15) is 6.92 Å². The van der Waals surface area contributed by atoms with E-state index in [1.54, 1.807) is 36.4 Å². The van der Waals surface area contributed by atoms with E-state index in [-0.39, 0.29) is 22.9 Å². The third-order valence-electron chi connectivity index (χ3n) is 6.19. The summed E-state index contributed by atoms with van der Waals surface area (Å²) >= 11 is 0. The zero-order chi connectivity index (χ0) is 26.9. The van der Waals surface area contributed by atoms with Gasteiger partial charge < -0.3 is 10.1 Å². The average molecular weight is 552 g/mol. The number of carbonyl (C=O) groups excluding carboxylic acids is 1. The van der Waals surface area contributed by atoms with E-state index < -0.39 is 32.1 Å². The van der Waals surface area contributed by atoms with Crippen LogP contribution in [0.25, 0.3) is 10.8 Å². The van der Waals surface area contributed by atoms with Crippen molar-refractivity contribution in [2.24, 2.45) is 0 Å². The molecule has 1 atom stereocenters. The first kappa shape index (κ1) is 25.6. The molecule has 0 radical (unpaired) electrons. The van der Waals surface area contributed by atoms with E-state index in [4.69, 9.17) is 4.74 Å². The number of carbonyl (C=O) groups is 1. The molecule has 4 aromatic carbocycles. The van der Waals surface area contributed by atoms with Crippen molar-refractivity contribution in [2.75, 3.05) is 26.6 Å². The molecule has 1 unspecified atom stereocenters. The van der Waals surface area contributed by atoms with Crippen molar-refractivity contribution in [1.29, 1.82) is 0 Å². The molecule has 38 heavy (non-hydrogen) atoms. The predicted molar refractivity (Wildman–Crippen MR) is 147 cm³/mol. The second-order valence-electron chi connectivity index (χ2n) is 8.65. The van der Waals surface area contributed by atoms with Crippen molar-refractivity contribution in [3.8, 4) is 5.75 Å². The zero-order valence-electron chi connectivity index (χ0n) is 20.4. The van der Waals surface area contributed by atoms with E-state index in [2.05, 4.69) is 10.0 Å². The summed E-state index contributed by atoms with van der Waals surface area (Å²) in [4.78, 5) is 13.0. The summed E-state index contributed by atoms with van der Waals surface area (Å²) in [5.74, 6) is -0.393. The molecule has 4 aromatic rings. The molecule has 5 rings (SSSR count). The van der Waals surface area contributed by atoms with Gasteiger partial charge in [0.2, 0.25) is 10.0 Å². The number of sulfonamides is 2. The van der Waals surface area contributed by atoms with Gasteiger partial charge in [-0.3, -0.25) is 13.8 Å². The molecule has 0 spiro atoms. The SMILES string of the molecule is CCS(=O)(=O)N1CC(C(=O)Nc2ccc(S(=O)(=O)Nc3cccc4ccccc34)cc2)Oc2ccccc21. The molecule has 1 aliphatic heterocycles. The van der Waals surface area contributed by atoms with Gasteiger partial charge in [-0.1, -0.05) is 48.5 Å². The fraction of sp³-hybridized carbons (Fsp3) is 0.148. The van der Waals surface area contributed by atoms with Crippen molar-refractivity contribution in [1.82, 2.24) is 0 Å². The summed E-state index contributed by atoms with van der Waals surface area (Å²) < 4.78 is 61.0. The number of hydrogen-bond donors (Lipinski definition) is 2. The summed E-state index contributed by atoms with van der Waals surface area (Å²) in [6.07, 6.45) is -1.09. The highest BCUT2D eigenvalue weighted by atomic mass is 32.2. The van der Waals surface area contributed by atoms with Gasteiger partial charge in [-0.25, -0.2) is 16.8 Å². The number of nitrogens with zero attached hydrogens (tertiary/aromatic N) is 1. The van der Waals surface area contributed by atoms with E-state index in [1.807, 2.05) is 30.3 Å². The van der Waals surface area contributed by atoms with Crippen molar-refractivity contribution in [3.63, 3.8) is 0 Å². The Morgan fingerprint density at radius 3 is 2.34 bits per heavy atom. The maximum absolute atomic E-state index is 13.0. The highest BCUT2D eigenvalue weighted by molar-refractivity contribution is 7.93. The van der Waals surface area contributed by atoms with Crippen molar-refractivity contribution < 1.29 is 26.4 Å². The summed E-state index contributed by atoms with van der Waals surface area (Å²) in [6.45, 7) is 1.35. The van der Waals surface area contributed by atoms with Crippen LogP contribution < -0.4 is 19.1 Å². The first-order valence-electron chi connectivity index (χ1n) is 11.9. The van der Waals surface area contributed by atoms with Gasteiger partial charge in [0.15, 0.2) is 6.10 Å². The third-order valence-corrected chi connectivity index (χ3v) is 9.32. The van der Waals surface area contributed by atoms with Crippen molar-refractivity contribution >= 4 is 53.8 Å². The number of para-hydroxylation sites is 2. The molecule has 0 aromatic heterocycles. The Balaban J connectivity index is 1.32. The molecule has 0 aliphatic carbocycles. The molecule has 1 amide bonds. The quantitative estimate of drug-likeness (QED) is 0.355. The van der Waals surface area contributed by atoms with E-state index in [0.29, 0.717) is 17.1 Å². The normalized spacial score (nSPS) is 15.4. The highest BCUT2D eigenvalue weighted by Gasteiger charge is 2.36. The Morgan fingerprint density at radius 2 is 1.58 bits per heavy atom. The van der Waals surface area contributed by atoms with Gasteiger partial charge in [-0.05, 0) is 54.8 Å². The van der Waals surface area contributed by atoms with E-state index >= 15 is 0 Å².